The summed E-state index contributed by atoms with van der Waals surface area (Å²) in [7, 11) is 0. The molecule has 2 heterocycles. The van der Waals surface area contributed by atoms with Crippen LogP contribution in [0.4, 0.5) is 0 Å². The molecular weight excluding hydrogens is 290 g/mol. The van der Waals surface area contributed by atoms with Crippen molar-refractivity contribution in [1.82, 2.24) is 4.90 Å². The number of ether oxygens (including phenoxy) is 1. The van der Waals surface area contributed by atoms with E-state index in [2.05, 4.69) is 18.7 Å². The van der Waals surface area contributed by atoms with E-state index in [4.69, 9.17) is 20.8 Å². The molecule has 5 heteroatoms. The Morgan fingerprint density at radius 2 is 2.19 bits per heavy atom. The fraction of sp³-hybridized carbons (Fsp3) is 0.438. The van der Waals surface area contributed by atoms with Crippen molar-refractivity contribution in [3.8, 4) is 5.75 Å². The van der Waals surface area contributed by atoms with Crippen LogP contribution in [0, 0.1) is 6.92 Å². The topological polar surface area (TPSA) is 42.7 Å². The first-order chi connectivity index (χ1) is 10.0. The third kappa shape index (κ3) is 2.43. The Morgan fingerprint density at radius 3 is 2.90 bits per heavy atom. The van der Waals surface area contributed by atoms with Crippen molar-refractivity contribution < 1.29 is 9.15 Å². The van der Waals surface area contributed by atoms with Crippen LogP contribution in [0.1, 0.15) is 31.4 Å². The third-order valence-corrected chi connectivity index (χ3v) is 4.47. The molecule has 1 aromatic heterocycles. The van der Waals surface area contributed by atoms with Gasteiger partial charge in [-0.15, -0.1) is 0 Å². The minimum absolute atomic E-state index is 0.342. The molecule has 0 amide bonds. The number of hydrogen-bond donors (Lipinski definition) is 0. The van der Waals surface area contributed by atoms with Gasteiger partial charge in [0.15, 0.2) is 0 Å². The minimum atomic E-state index is -0.342. The molecular formula is C16H18ClNO3. The maximum Gasteiger partial charge on any atom is 0.336 e. The van der Waals surface area contributed by atoms with Crippen molar-refractivity contribution in [2.45, 2.75) is 39.8 Å². The van der Waals surface area contributed by atoms with Gasteiger partial charge in [0, 0.05) is 24.0 Å². The van der Waals surface area contributed by atoms with Crippen LogP contribution in [-0.4, -0.2) is 17.7 Å². The highest BCUT2D eigenvalue weighted by Gasteiger charge is 2.26. The number of aryl methyl sites for hydroxylation is 1. The molecule has 4 nitrogen and oxygen atoms in total. The van der Waals surface area contributed by atoms with Crippen LogP contribution in [0.5, 0.6) is 5.75 Å². The molecule has 1 aliphatic rings. The average Bonchev–Trinajstić information content (AvgIpc) is 2.47. The summed E-state index contributed by atoms with van der Waals surface area (Å²) in [5.41, 5.74) is 1.98. The molecule has 2 aromatic rings. The Kier molecular flexibility index (Phi) is 3.68. The molecule has 0 fully saturated rings. The third-order valence-electron chi connectivity index (χ3n) is 4.19. The summed E-state index contributed by atoms with van der Waals surface area (Å²) in [5.74, 6) is 0.637. The average molecular weight is 308 g/mol. The van der Waals surface area contributed by atoms with Gasteiger partial charge in [-0.2, -0.15) is 0 Å². The Hall–Kier alpha value is -1.52. The highest BCUT2D eigenvalue weighted by Crippen LogP contribution is 2.39. The largest absolute Gasteiger partial charge is 0.476 e. The molecule has 0 saturated heterocycles. The maximum absolute atomic E-state index is 11.7. The van der Waals surface area contributed by atoms with Crippen LogP contribution < -0.4 is 10.4 Å². The molecule has 0 spiro atoms. The molecule has 1 aliphatic heterocycles. The number of rotatable bonds is 2. The normalized spacial score (nSPS) is 16.6. The quantitative estimate of drug-likeness (QED) is 0.793. The summed E-state index contributed by atoms with van der Waals surface area (Å²) in [6.07, 6.45) is 1.03. The molecule has 112 valence electrons. The Balaban J connectivity index is 2.22. The molecule has 1 aromatic carbocycles. The van der Waals surface area contributed by atoms with Gasteiger partial charge in [0.1, 0.15) is 18.1 Å². The number of fused-ring (bicyclic) bond motifs is 3. The van der Waals surface area contributed by atoms with Crippen molar-refractivity contribution in [3.05, 3.63) is 38.7 Å². The van der Waals surface area contributed by atoms with Crippen molar-refractivity contribution in [3.63, 3.8) is 0 Å². The van der Waals surface area contributed by atoms with E-state index in [1.165, 1.54) is 6.07 Å². The highest BCUT2D eigenvalue weighted by molar-refractivity contribution is 6.33. The molecule has 0 N–H and O–H groups in total. The van der Waals surface area contributed by atoms with E-state index in [1.807, 2.05) is 13.0 Å². The van der Waals surface area contributed by atoms with Crippen molar-refractivity contribution >= 4 is 22.6 Å². The van der Waals surface area contributed by atoms with Crippen LogP contribution in [-0.2, 0) is 6.54 Å². The molecule has 0 saturated carbocycles. The summed E-state index contributed by atoms with van der Waals surface area (Å²) in [4.78, 5) is 13.9. The van der Waals surface area contributed by atoms with E-state index in [1.54, 1.807) is 0 Å². The smallest absolute Gasteiger partial charge is 0.336 e. The van der Waals surface area contributed by atoms with Gasteiger partial charge in [0.2, 0.25) is 0 Å². The van der Waals surface area contributed by atoms with Crippen molar-refractivity contribution in [2.24, 2.45) is 0 Å². The zero-order valence-electron chi connectivity index (χ0n) is 12.4. The van der Waals surface area contributed by atoms with Crippen LogP contribution in [0.15, 0.2) is 21.3 Å². The van der Waals surface area contributed by atoms with Gasteiger partial charge >= 0.3 is 5.63 Å². The van der Waals surface area contributed by atoms with Gasteiger partial charge < -0.3 is 9.15 Å². The lowest BCUT2D eigenvalue weighted by Gasteiger charge is -2.33. The molecule has 3 rings (SSSR count). The summed E-state index contributed by atoms with van der Waals surface area (Å²) in [6, 6.07) is 3.69. The van der Waals surface area contributed by atoms with Gasteiger partial charge in [0.25, 0.3) is 0 Å². The summed E-state index contributed by atoms with van der Waals surface area (Å²) >= 11 is 6.33. The van der Waals surface area contributed by atoms with Gasteiger partial charge in [-0.05, 0) is 31.9 Å². The van der Waals surface area contributed by atoms with Crippen LogP contribution in [0.25, 0.3) is 11.0 Å². The number of benzene rings is 1. The summed E-state index contributed by atoms with van der Waals surface area (Å²) in [6.45, 7) is 7.36. The second-order valence-corrected chi connectivity index (χ2v) is 5.98. The van der Waals surface area contributed by atoms with Gasteiger partial charge in [-0.3, -0.25) is 4.90 Å². The SMILES string of the molecule is CC[C@@H](C)N1COc2c(Cl)cc3c(C)cc(=O)oc3c2C1. The molecule has 0 bridgehead atoms. The van der Waals surface area contributed by atoms with Gasteiger partial charge in [-0.25, -0.2) is 4.79 Å². The predicted octanol–water partition coefficient (Wildman–Crippen LogP) is 3.71. The number of hydrogen-bond acceptors (Lipinski definition) is 4. The Labute approximate surface area is 128 Å². The van der Waals surface area contributed by atoms with E-state index >= 15 is 0 Å². The van der Waals surface area contributed by atoms with E-state index < -0.39 is 0 Å². The van der Waals surface area contributed by atoms with Gasteiger partial charge in [-0.1, -0.05) is 18.5 Å². The summed E-state index contributed by atoms with van der Waals surface area (Å²) in [5, 5.41) is 1.44. The minimum Gasteiger partial charge on any atom is -0.476 e. The second kappa shape index (κ2) is 5.35. The lowest BCUT2D eigenvalue weighted by atomic mass is 10.0. The predicted molar refractivity (Wildman–Crippen MR) is 83.0 cm³/mol. The molecule has 21 heavy (non-hydrogen) atoms. The Morgan fingerprint density at radius 1 is 1.43 bits per heavy atom. The summed E-state index contributed by atoms with van der Waals surface area (Å²) < 4.78 is 11.2. The van der Waals surface area contributed by atoms with Crippen LogP contribution in [0.3, 0.4) is 0 Å². The standard InChI is InChI=1S/C16H18ClNO3/c1-4-10(3)18-7-12-15-11(9(2)5-14(19)21-15)6-13(17)16(12)20-8-18/h5-6,10H,4,7-8H2,1-3H3/t10-/m1/s1. The van der Waals surface area contributed by atoms with Crippen molar-refractivity contribution in [2.75, 3.05) is 6.73 Å². The lowest BCUT2D eigenvalue weighted by molar-refractivity contribution is 0.0610. The van der Waals surface area contributed by atoms with Crippen molar-refractivity contribution in [1.29, 1.82) is 0 Å². The monoisotopic (exact) mass is 307 g/mol. The first-order valence-corrected chi connectivity index (χ1v) is 7.51. The fourth-order valence-corrected chi connectivity index (χ4v) is 2.98. The zero-order valence-corrected chi connectivity index (χ0v) is 13.2. The molecule has 0 aliphatic carbocycles. The van der Waals surface area contributed by atoms with Gasteiger partial charge in [0.05, 0.1) is 10.6 Å². The fourth-order valence-electron chi connectivity index (χ4n) is 2.70. The first kappa shape index (κ1) is 14.4. The maximum atomic E-state index is 11.7. The highest BCUT2D eigenvalue weighted by atomic mass is 35.5. The lowest BCUT2D eigenvalue weighted by Crippen LogP contribution is -2.38. The van der Waals surface area contributed by atoms with Crippen LogP contribution >= 0.6 is 11.6 Å². The zero-order chi connectivity index (χ0) is 15.1. The van der Waals surface area contributed by atoms with E-state index in [0.29, 0.717) is 35.7 Å². The van der Waals surface area contributed by atoms with E-state index in [-0.39, 0.29) is 5.63 Å². The van der Waals surface area contributed by atoms with Crippen LogP contribution in [0.2, 0.25) is 5.02 Å². The molecule has 0 radical (unpaired) electrons. The van der Waals surface area contributed by atoms with E-state index in [0.717, 1.165) is 22.9 Å². The number of halogens is 1. The Bertz CT molecular complexity index is 753. The number of nitrogens with zero attached hydrogens (tertiary/aromatic N) is 1. The second-order valence-electron chi connectivity index (χ2n) is 5.57. The molecule has 0 unspecified atom stereocenters. The first-order valence-electron chi connectivity index (χ1n) is 7.14. The van der Waals surface area contributed by atoms with E-state index in [9.17, 15) is 4.79 Å². The molecule has 1 atom stereocenters.